The molecule has 0 amide bonds. The second-order valence-electron chi connectivity index (χ2n) is 3.70. The van der Waals surface area contributed by atoms with Gasteiger partial charge in [-0.05, 0) is 12.8 Å². The highest BCUT2D eigenvalue weighted by Crippen LogP contribution is 2.17. The molecule has 0 aliphatic rings. The minimum Gasteiger partial charge on any atom is -0.440 e. The number of ether oxygens (including phenoxy) is 1. The smallest absolute Gasteiger partial charge is 0.336 e. The Bertz CT molecular complexity index is 545. The van der Waals surface area contributed by atoms with E-state index in [1.165, 1.54) is 13.8 Å². The molecule has 2 atom stereocenters. The molecule has 0 spiro atoms. The van der Waals surface area contributed by atoms with Crippen molar-refractivity contribution in [3.63, 3.8) is 0 Å². The van der Waals surface area contributed by atoms with Crippen molar-refractivity contribution < 1.29 is 35.5 Å². The summed E-state index contributed by atoms with van der Waals surface area (Å²) in [6.07, 6.45) is -0.365. The SMILES string of the molecule is C=C(C(=O)OC(CC)S(=O)(=O)O)C(CC)S(=O)(=O)O. The molecule has 0 saturated heterocycles. The zero-order valence-corrected chi connectivity index (χ0v) is 12.1. The molecule has 0 aliphatic heterocycles. The summed E-state index contributed by atoms with van der Waals surface area (Å²) in [4.78, 5) is 11.5. The van der Waals surface area contributed by atoms with Gasteiger partial charge in [0.15, 0.2) is 0 Å². The monoisotopic (exact) mass is 316 g/mol. The molecule has 112 valence electrons. The van der Waals surface area contributed by atoms with E-state index in [-0.39, 0.29) is 12.8 Å². The highest BCUT2D eigenvalue weighted by Gasteiger charge is 2.33. The van der Waals surface area contributed by atoms with Gasteiger partial charge in [-0.25, -0.2) is 4.79 Å². The topological polar surface area (TPSA) is 135 Å². The Morgan fingerprint density at radius 3 is 1.84 bits per heavy atom. The molecule has 0 rings (SSSR count). The van der Waals surface area contributed by atoms with E-state index in [9.17, 15) is 21.6 Å². The molecular weight excluding hydrogens is 300 g/mol. The van der Waals surface area contributed by atoms with Gasteiger partial charge in [0.2, 0.25) is 5.44 Å². The van der Waals surface area contributed by atoms with E-state index in [0.29, 0.717) is 0 Å². The summed E-state index contributed by atoms with van der Waals surface area (Å²) in [5, 5.41) is -1.58. The first kappa shape index (κ1) is 18.0. The van der Waals surface area contributed by atoms with Gasteiger partial charge in [0.1, 0.15) is 5.25 Å². The molecule has 2 unspecified atom stereocenters. The Morgan fingerprint density at radius 1 is 1.11 bits per heavy atom. The second kappa shape index (κ2) is 6.46. The third-order valence-corrected chi connectivity index (χ3v) is 4.72. The zero-order valence-electron chi connectivity index (χ0n) is 10.4. The maximum absolute atomic E-state index is 11.5. The van der Waals surface area contributed by atoms with E-state index in [1.54, 1.807) is 0 Å². The molecule has 8 nitrogen and oxygen atoms in total. The van der Waals surface area contributed by atoms with Crippen LogP contribution < -0.4 is 0 Å². The fraction of sp³-hybridized carbons (Fsp3) is 0.667. The van der Waals surface area contributed by atoms with Crippen LogP contribution in [0.4, 0.5) is 0 Å². The van der Waals surface area contributed by atoms with Crippen molar-refractivity contribution >= 4 is 26.2 Å². The van der Waals surface area contributed by atoms with Gasteiger partial charge in [0, 0.05) is 0 Å². The first-order chi connectivity index (χ1) is 8.45. The average Bonchev–Trinajstić information content (AvgIpc) is 2.22. The molecule has 10 heteroatoms. The van der Waals surface area contributed by atoms with Crippen LogP contribution in [0.25, 0.3) is 0 Å². The van der Waals surface area contributed by atoms with Crippen molar-refractivity contribution in [3.05, 3.63) is 12.2 Å². The number of carbonyl (C=O) groups is 1. The highest BCUT2D eigenvalue weighted by atomic mass is 32.2. The average molecular weight is 316 g/mol. The van der Waals surface area contributed by atoms with E-state index in [4.69, 9.17) is 9.11 Å². The van der Waals surface area contributed by atoms with Crippen LogP contribution >= 0.6 is 0 Å². The predicted molar refractivity (Wildman–Crippen MR) is 66.5 cm³/mol. The highest BCUT2D eigenvalue weighted by molar-refractivity contribution is 7.86. The largest absolute Gasteiger partial charge is 0.440 e. The maximum Gasteiger partial charge on any atom is 0.336 e. The summed E-state index contributed by atoms with van der Waals surface area (Å²) in [6.45, 7) is 5.90. The molecule has 0 fully saturated rings. The lowest BCUT2D eigenvalue weighted by Gasteiger charge is -2.17. The van der Waals surface area contributed by atoms with Gasteiger partial charge in [-0.3, -0.25) is 9.11 Å². The van der Waals surface area contributed by atoms with Crippen molar-refractivity contribution in [2.45, 2.75) is 37.4 Å². The van der Waals surface area contributed by atoms with Gasteiger partial charge in [-0.1, -0.05) is 20.4 Å². The lowest BCUT2D eigenvalue weighted by atomic mass is 10.2. The van der Waals surface area contributed by atoms with Gasteiger partial charge in [0.05, 0.1) is 5.57 Å². The molecule has 0 aliphatic carbocycles. The van der Waals surface area contributed by atoms with Crippen LogP contribution in [0.5, 0.6) is 0 Å². The minimum absolute atomic E-state index is 0.143. The summed E-state index contributed by atoms with van der Waals surface area (Å²) < 4.78 is 65.7. The summed E-state index contributed by atoms with van der Waals surface area (Å²) in [5.41, 5.74) is -2.41. The zero-order chi connectivity index (χ0) is 15.4. The van der Waals surface area contributed by atoms with E-state index in [2.05, 4.69) is 11.3 Å². The molecule has 0 saturated carbocycles. The molecule has 19 heavy (non-hydrogen) atoms. The lowest BCUT2D eigenvalue weighted by molar-refractivity contribution is -0.141. The van der Waals surface area contributed by atoms with Crippen molar-refractivity contribution in [3.8, 4) is 0 Å². The quantitative estimate of drug-likeness (QED) is 0.391. The molecule has 0 aromatic carbocycles. The van der Waals surface area contributed by atoms with Crippen LogP contribution in [0.1, 0.15) is 26.7 Å². The Kier molecular flexibility index (Phi) is 6.13. The van der Waals surface area contributed by atoms with Crippen LogP contribution in [0.2, 0.25) is 0 Å². The Balaban J connectivity index is 5.09. The van der Waals surface area contributed by atoms with Crippen LogP contribution in [0.15, 0.2) is 12.2 Å². The van der Waals surface area contributed by atoms with Crippen molar-refractivity contribution in [2.75, 3.05) is 0 Å². The van der Waals surface area contributed by atoms with Gasteiger partial charge in [-0.2, -0.15) is 16.8 Å². The first-order valence-corrected chi connectivity index (χ1v) is 8.28. The van der Waals surface area contributed by atoms with Crippen LogP contribution in [0.3, 0.4) is 0 Å². The Hall–Kier alpha value is -0.970. The van der Waals surface area contributed by atoms with Gasteiger partial charge in [0.25, 0.3) is 10.1 Å². The molecule has 0 aromatic heterocycles. The van der Waals surface area contributed by atoms with Crippen LogP contribution in [-0.2, 0) is 29.8 Å². The van der Waals surface area contributed by atoms with Gasteiger partial charge < -0.3 is 4.74 Å². The molecule has 0 bridgehead atoms. The predicted octanol–water partition coefficient (Wildman–Crippen LogP) is 0.376. The van der Waals surface area contributed by atoms with Crippen LogP contribution in [0, 0.1) is 0 Å². The summed E-state index contributed by atoms with van der Waals surface area (Å²) in [5.74, 6) is -1.31. The van der Waals surface area contributed by atoms with E-state index < -0.39 is 42.5 Å². The fourth-order valence-corrected chi connectivity index (χ4v) is 2.83. The molecule has 2 N–H and O–H groups in total. The third kappa shape index (κ3) is 5.27. The van der Waals surface area contributed by atoms with Gasteiger partial charge >= 0.3 is 16.1 Å². The number of hydrogen-bond acceptors (Lipinski definition) is 6. The maximum atomic E-state index is 11.5. The number of carbonyl (C=O) groups excluding carboxylic acids is 1. The molecule has 0 radical (unpaired) electrons. The van der Waals surface area contributed by atoms with E-state index in [0.717, 1.165) is 0 Å². The Morgan fingerprint density at radius 2 is 1.58 bits per heavy atom. The summed E-state index contributed by atoms with van der Waals surface area (Å²) >= 11 is 0. The standard InChI is InChI=1S/C9H16O8S2/c1-4-7(18(11,12)13)6(3)9(10)17-8(5-2)19(14,15)16/h7-8H,3-5H2,1-2H3,(H,11,12,13)(H,14,15,16). The lowest BCUT2D eigenvalue weighted by Crippen LogP contribution is -2.32. The molecular formula is C9H16O8S2. The van der Waals surface area contributed by atoms with Crippen molar-refractivity contribution in [1.82, 2.24) is 0 Å². The second-order valence-corrected chi connectivity index (χ2v) is 6.85. The number of rotatable bonds is 7. The van der Waals surface area contributed by atoms with Gasteiger partial charge in [-0.15, -0.1) is 0 Å². The Labute approximate surface area is 112 Å². The van der Waals surface area contributed by atoms with Crippen molar-refractivity contribution in [2.24, 2.45) is 0 Å². The normalized spacial score (nSPS) is 15.6. The van der Waals surface area contributed by atoms with Crippen LogP contribution in [-0.4, -0.2) is 42.6 Å². The van der Waals surface area contributed by atoms with E-state index in [1.807, 2.05) is 0 Å². The fourth-order valence-electron chi connectivity index (χ4n) is 1.32. The summed E-state index contributed by atoms with van der Waals surface area (Å²) in [6, 6.07) is 0. The summed E-state index contributed by atoms with van der Waals surface area (Å²) in [7, 11) is -9.16. The minimum atomic E-state index is -4.61. The van der Waals surface area contributed by atoms with Crippen molar-refractivity contribution in [1.29, 1.82) is 0 Å². The molecule has 0 heterocycles. The number of esters is 1. The van der Waals surface area contributed by atoms with E-state index >= 15 is 0 Å². The number of hydrogen-bond donors (Lipinski definition) is 2. The first-order valence-electron chi connectivity index (χ1n) is 5.27. The third-order valence-electron chi connectivity index (χ3n) is 2.29. The molecule has 0 aromatic rings.